The zero-order valence-electron chi connectivity index (χ0n) is 15.2. The molecule has 0 unspecified atom stereocenters. The van der Waals surface area contributed by atoms with E-state index in [9.17, 15) is 22.4 Å². The van der Waals surface area contributed by atoms with Gasteiger partial charge in [0, 0.05) is 25.2 Å². The molecule has 0 saturated heterocycles. The molecule has 1 N–H and O–H groups in total. The molecule has 0 spiro atoms. The molecule has 0 aliphatic rings. The van der Waals surface area contributed by atoms with E-state index in [0.29, 0.717) is 4.68 Å². The Morgan fingerprint density at radius 3 is 2.67 bits per heavy atom. The minimum absolute atomic E-state index is 0.0553. The number of nitrogens with one attached hydrogen (secondary N) is 1. The van der Waals surface area contributed by atoms with Crippen LogP contribution in [0.1, 0.15) is 20.3 Å². The first-order valence-corrected chi connectivity index (χ1v) is 10.1. The van der Waals surface area contributed by atoms with Crippen molar-refractivity contribution in [1.29, 1.82) is 0 Å². The lowest BCUT2D eigenvalue weighted by atomic mass is 10.5. The fraction of sp³-hybridized carbons (Fsp3) is 0.538. The normalized spacial score (nSPS) is 11.7. The van der Waals surface area contributed by atoms with Crippen molar-refractivity contribution in [3.8, 4) is 6.01 Å². The van der Waals surface area contributed by atoms with Crippen LogP contribution >= 0.6 is 11.3 Å². The molecule has 0 aliphatic carbocycles. The molecule has 14 heteroatoms. The molecule has 2 aromatic heterocycles. The molecular formula is C13H21FN6O5S2. The second-order valence-corrected chi connectivity index (χ2v) is 6.85. The van der Waals surface area contributed by atoms with Gasteiger partial charge in [-0.25, -0.2) is 18.9 Å². The van der Waals surface area contributed by atoms with Gasteiger partial charge < -0.3 is 9.30 Å². The summed E-state index contributed by atoms with van der Waals surface area (Å²) in [5, 5.41) is 5.12. The zero-order valence-corrected chi connectivity index (χ0v) is 16.9. The van der Waals surface area contributed by atoms with Crippen LogP contribution in [0.15, 0.2) is 20.8 Å². The fourth-order valence-electron chi connectivity index (χ4n) is 1.78. The molecule has 0 aromatic carbocycles. The Kier molecular flexibility index (Phi) is 8.36. The van der Waals surface area contributed by atoms with Crippen LogP contribution in [-0.4, -0.2) is 47.1 Å². The first kappa shape index (κ1) is 22.6. The van der Waals surface area contributed by atoms with Gasteiger partial charge in [-0.05, 0) is 6.42 Å². The minimum atomic E-state index is -4.46. The van der Waals surface area contributed by atoms with Crippen molar-refractivity contribution in [2.45, 2.75) is 26.8 Å². The summed E-state index contributed by atoms with van der Waals surface area (Å²) in [6.07, 6.45) is 1.74. The van der Waals surface area contributed by atoms with Crippen LogP contribution in [0.25, 0.3) is 0 Å². The third kappa shape index (κ3) is 5.75. The van der Waals surface area contributed by atoms with Crippen molar-refractivity contribution in [1.82, 2.24) is 23.6 Å². The van der Waals surface area contributed by atoms with Crippen LogP contribution in [0.5, 0.6) is 6.01 Å². The summed E-state index contributed by atoms with van der Waals surface area (Å²) >= 11 is 0.998. The van der Waals surface area contributed by atoms with Gasteiger partial charge in [0.25, 0.3) is 0 Å². The van der Waals surface area contributed by atoms with Crippen LogP contribution < -0.4 is 20.0 Å². The maximum Gasteiger partial charge on any atom is 0.361 e. The van der Waals surface area contributed by atoms with Gasteiger partial charge in [0.1, 0.15) is 0 Å². The lowest BCUT2D eigenvalue weighted by Crippen LogP contribution is -2.40. The van der Waals surface area contributed by atoms with Crippen molar-refractivity contribution in [3.05, 3.63) is 26.9 Å². The van der Waals surface area contributed by atoms with Gasteiger partial charge >= 0.3 is 27.9 Å². The van der Waals surface area contributed by atoms with Gasteiger partial charge in [-0.3, -0.25) is 4.39 Å². The largest absolute Gasteiger partial charge is 0.467 e. The van der Waals surface area contributed by atoms with Crippen molar-refractivity contribution < 1.29 is 22.3 Å². The molecule has 0 saturated carbocycles. The number of aryl methyl sites for hydroxylation is 1. The van der Waals surface area contributed by atoms with Gasteiger partial charge in [0.15, 0.2) is 0 Å². The summed E-state index contributed by atoms with van der Waals surface area (Å²) in [6, 6.07) is -1.48. The van der Waals surface area contributed by atoms with E-state index in [4.69, 9.17) is 4.74 Å². The standard InChI is InChI=1S/C11H15FN6O5S2.C2H6/c1-16-9(23-2)13-18(11(16)20)8(19)14-25(21,22)15-10-17(5-3-4-12)6-7-24-10;1-2/h6-7H,3-5H2,1-2H3,(H,14,19);1-2H3/b15-10-;. The highest BCUT2D eigenvalue weighted by atomic mass is 32.2. The number of alkyl halides is 1. The molecule has 27 heavy (non-hydrogen) atoms. The van der Waals surface area contributed by atoms with Crippen molar-refractivity contribution >= 4 is 27.6 Å². The van der Waals surface area contributed by atoms with E-state index in [-0.39, 0.29) is 23.8 Å². The number of carbonyl (C=O) groups is 1. The van der Waals surface area contributed by atoms with Gasteiger partial charge in [0.05, 0.1) is 13.8 Å². The van der Waals surface area contributed by atoms with Gasteiger partial charge in [-0.15, -0.1) is 25.5 Å². The molecule has 0 fully saturated rings. The van der Waals surface area contributed by atoms with Crippen LogP contribution in [0.4, 0.5) is 9.18 Å². The predicted molar refractivity (Wildman–Crippen MR) is 96.7 cm³/mol. The molecule has 2 rings (SSSR count). The van der Waals surface area contributed by atoms with E-state index in [1.54, 1.807) is 16.3 Å². The maximum absolute atomic E-state index is 12.2. The molecule has 0 atom stereocenters. The summed E-state index contributed by atoms with van der Waals surface area (Å²) in [6.45, 7) is 3.68. The third-order valence-corrected chi connectivity index (χ3v) is 4.68. The van der Waals surface area contributed by atoms with Crippen molar-refractivity contribution in [3.63, 3.8) is 0 Å². The highest BCUT2D eigenvalue weighted by Gasteiger charge is 2.21. The monoisotopic (exact) mass is 424 g/mol. The molecule has 1 amide bonds. The second-order valence-electron chi connectivity index (χ2n) is 4.64. The molecule has 152 valence electrons. The van der Waals surface area contributed by atoms with Gasteiger partial charge in [-0.1, -0.05) is 13.8 Å². The molecular weight excluding hydrogens is 403 g/mol. The summed E-state index contributed by atoms with van der Waals surface area (Å²) in [4.78, 5) is 23.9. The quantitative estimate of drug-likeness (QED) is 0.707. The van der Waals surface area contributed by atoms with E-state index < -0.39 is 28.6 Å². The van der Waals surface area contributed by atoms with E-state index in [1.807, 2.05) is 13.8 Å². The molecule has 0 bridgehead atoms. The van der Waals surface area contributed by atoms with Gasteiger partial charge in [-0.2, -0.15) is 8.42 Å². The number of nitrogens with zero attached hydrogens (tertiary/aromatic N) is 5. The van der Waals surface area contributed by atoms with Crippen LogP contribution in [-0.2, 0) is 23.8 Å². The SMILES string of the molecule is CC.COc1nn(C(=O)NS(=O)(=O)/N=c2\sccn2CCCF)c(=O)n1C. The number of ether oxygens (including phenoxy) is 1. The maximum atomic E-state index is 12.2. The molecule has 0 aliphatic heterocycles. The Bertz CT molecular complexity index is 987. The summed E-state index contributed by atoms with van der Waals surface area (Å²) in [7, 11) is -1.91. The zero-order chi connectivity index (χ0) is 20.6. The summed E-state index contributed by atoms with van der Waals surface area (Å²) < 4.78 is 48.8. The number of aromatic nitrogens is 4. The Balaban J connectivity index is 0.00000176. The summed E-state index contributed by atoms with van der Waals surface area (Å²) in [5.74, 6) is 0. The number of hydrogen-bond acceptors (Lipinski definition) is 7. The lowest BCUT2D eigenvalue weighted by molar-refractivity contribution is 0.243. The number of hydrogen-bond donors (Lipinski definition) is 1. The molecule has 2 aromatic rings. The first-order chi connectivity index (χ1) is 12.8. The Labute approximate surface area is 158 Å². The van der Waals surface area contributed by atoms with E-state index in [0.717, 1.165) is 15.9 Å². The number of halogens is 1. The molecule has 2 heterocycles. The smallest absolute Gasteiger partial charge is 0.361 e. The van der Waals surface area contributed by atoms with Crippen molar-refractivity contribution in [2.24, 2.45) is 11.4 Å². The third-order valence-electron chi connectivity index (χ3n) is 2.92. The number of amides is 1. The van der Waals surface area contributed by atoms with Crippen LogP contribution in [0, 0.1) is 0 Å². The van der Waals surface area contributed by atoms with Crippen LogP contribution in [0.3, 0.4) is 0 Å². The van der Waals surface area contributed by atoms with Gasteiger partial charge in [0.2, 0.25) is 4.80 Å². The first-order valence-electron chi connectivity index (χ1n) is 7.82. The summed E-state index contributed by atoms with van der Waals surface area (Å²) in [5.41, 5.74) is -0.890. The molecule has 0 radical (unpaired) electrons. The van der Waals surface area contributed by atoms with E-state index in [2.05, 4.69) is 9.50 Å². The number of carbonyl (C=O) groups excluding carboxylic acids is 1. The average molecular weight is 424 g/mol. The van der Waals surface area contributed by atoms with Crippen LogP contribution in [0.2, 0.25) is 0 Å². The Hall–Kier alpha value is -2.48. The average Bonchev–Trinajstić information content (AvgIpc) is 3.18. The van der Waals surface area contributed by atoms with E-state index >= 15 is 0 Å². The van der Waals surface area contributed by atoms with E-state index in [1.165, 1.54) is 18.7 Å². The topological polar surface area (TPSA) is 130 Å². The highest BCUT2D eigenvalue weighted by molar-refractivity contribution is 7.88. The minimum Gasteiger partial charge on any atom is -0.467 e. The Morgan fingerprint density at radius 2 is 2.11 bits per heavy atom. The second kappa shape index (κ2) is 10.0. The number of thiazole rings is 1. The Morgan fingerprint density at radius 1 is 1.44 bits per heavy atom. The number of rotatable bonds is 6. The number of methoxy groups -OCH3 is 1. The predicted octanol–water partition coefficient (Wildman–Crippen LogP) is 0.243. The fourth-order valence-corrected chi connectivity index (χ4v) is 3.53. The van der Waals surface area contributed by atoms with Crippen molar-refractivity contribution in [2.75, 3.05) is 13.8 Å². The lowest BCUT2D eigenvalue weighted by Gasteiger charge is -2.02. The highest BCUT2D eigenvalue weighted by Crippen LogP contribution is 1.99. The molecule has 11 nitrogen and oxygen atoms in total.